The van der Waals surface area contributed by atoms with Gasteiger partial charge in [0.1, 0.15) is 5.82 Å². The Morgan fingerprint density at radius 2 is 2.05 bits per heavy atom. The Bertz CT molecular complexity index is 565. The maximum Gasteiger partial charge on any atom is 0.307 e. The Morgan fingerprint density at radius 3 is 2.63 bits per heavy atom. The summed E-state index contributed by atoms with van der Waals surface area (Å²) in [6.07, 6.45) is 4.59. The fraction of sp³-hybridized carbons (Fsp3) is 0.500. The van der Waals surface area contributed by atoms with E-state index in [-0.39, 0.29) is 23.7 Å². The van der Waals surface area contributed by atoms with E-state index < -0.39 is 17.8 Å². The summed E-state index contributed by atoms with van der Waals surface area (Å²) in [6.45, 7) is 1.73. The van der Waals surface area contributed by atoms with E-state index in [9.17, 15) is 14.7 Å². The molecule has 2 aliphatic rings. The van der Waals surface area contributed by atoms with E-state index in [0.717, 1.165) is 6.42 Å². The Hall–Kier alpha value is -2.18. The van der Waals surface area contributed by atoms with Crippen LogP contribution in [0.5, 0.6) is 0 Å². The second-order valence-corrected chi connectivity index (χ2v) is 5.07. The van der Waals surface area contributed by atoms with E-state index in [4.69, 9.17) is 0 Å². The van der Waals surface area contributed by atoms with Gasteiger partial charge in [0, 0.05) is 0 Å². The first kappa shape index (κ1) is 11.9. The SMILES string of the molecule is Cc1nc(NC(=O)C2C3C=CC(C3)C2C(=O)O)n[nH]1. The molecule has 0 aliphatic heterocycles. The van der Waals surface area contributed by atoms with Crippen LogP contribution in [0.3, 0.4) is 0 Å². The van der Waals surface area contributed by atoms with Gasteiger partial charge in [0.15, 0.2) is 0 Å². The summed E-state index contributed by atoms with van der Waals surface area (Å²) in [4.78, 5) is 27.5. The fourth-order valence-electron chi connectivity index (χ4n) is 3.11. The number of aliphatic carboxylic acids is 1. The smallest absolute Gasteiger partial charge is 0.307 e. The lowest BCUT2D eigenvalue weighted by Crippen LogP contribution is -2.36. The second kappa shape index (κ2) is 4.18. The van der Waals surface area contributed by atoms with Gasteiger partial charge >= 0.3 is 5.97 Å². The molecule has 1 aromatic rings. The van der Waals surface area contributed by atoms with Crippen molar-refractivity contribution in [2.24, 2.45) is 23.7 Å². The first-order valence-corrected chi connectivity index (χ1v) is 6.17. The zero-order chi connectivity index (χ0) is 13.6. The summed E-state index contributed by atoms with van der Waals surface area (Å²) in [6, 6.07) is 0. The van der Waals surface area contributed by atoms with Gasteiger partial charge in [0.05, 0.1) is 11.8 Å². The van der Waals surface area contributed by atoms with Crippen molar-refractivity contribution in [2.75, 3.05) is 5.32 Å². The van der Waals surface area contributed by atoms with Crippen LogP contribution in [-0.2, 0) is 9.59 Å². The van der Waals surface area contributed by atoms with Crippen molar-refractivity contribution in [3.05, 3.63) is 18.0 Å². The van der Waals surface area contributed by atoms with Crippen LogP contribution in [0.2, 0.25) is 0 Å². The van der Waals surface area contributed by atoms with E-state index in [0.29, 0.717) is 5.82 Å². The number of hydrogen-bond donors (Lipinski definition) is 3. The number of rotatable bonds is 3. The molecule has 7 heteroatoms. The van der Waals surface area contributed by atoms with E-state index in [1.165, 1.54) is 0 Å². The maximum absolute atomic E-state index is 12.2. The molecule has 4 atom stereocenters. The lowest BCUT2D eigenvalue weighted by molar-refractivity contribution is -0.146. The van der Waals surface area contributed by atoms with Gasteiger partial charge in [0.25, 0.3) is 0 Å². The van der Waals surface area contributed by atoms with Crippen molar-refractivity contribution < 1.29 is 14.7 Å². The fourth-order valence-corrected chi connectivity index (χ4v) is 3.11. The number of allylic oxidation sites excluding steroid dienone is 2. The Morgan fingerprint density at radius 1 is 1.37 bits per heavy atom. The summed E-state index contributed by atoms with van der Waals surface area (Å²) in [5, 5.41) is 18.3. The van der Waals surface area contributed by atoms with Crippen molar-refractivity contribution in [1.82, 2.24) is 15.2 Å². The van der Waals surface area contributed by atoms with Crippen LogP contribution in [-0.4, -0.2) is 32.2 Å². The quantitative estimate of drug-likeness (QED) is 0.690. The molecule has 1 heterocycles. The average Bonchev–Trinajstić information content (AvgIpc) is 3.03. The van der Waals surface area contributed by atoms with Crippen LogP contribution >= 0.6 is 0 Å². The molecule has 2 bridgehead atoms. The number of fused-ring (bicyclic) bond motifs is 2. The van der Waals surface area contributed by atoms with E-state index in [1.807, 2.05) is 12.2 Å². The van der Waals surface area contributed by atoms with Crippen LogP contribution in [0.1, 0.15) is 12.2 Å². The number of hydrogen-bond acceptors (Lipinski definition) is 4. The van der Waals surface area contributed by atoms with E-state index >= 15 is 0 Å². The third kappa shape index (κ3) is 1.91. The minimum Gasteiger partial charge on any atom is -0.481 e. The van der Waals surface area contributed by atoms with Gasteiger partial charge in [-0.15, -0.1) is 5.10 Å². The molecule has 4 unspecified atom stereocenters. The average molecular weight is 262 g/mol. The third-order valence-electron chi connectivity index (χ3n) is 3.88. The molecule has 1 saturated carbocycles. The largest absolute Gasteiger partial charge is 0.481 e. The summed E-state index contributed by atoms with van der Waals surface area (Å²) < 4.78 is 0. The molecule has 100 valence electrons. The molecule has 7 nitrogen and oxygen atoms in total. The molecule has 19 heavy (non-hydrogen) atoms. The Labute approximate surface area is 109 Å². The molecular weight excluding hydrogens is 248 g/mol. The van der Waals surface area contributed by atoms with Crippen LogP contribution in [0, 0.1) is 30.6 Å². The number of carbonyl (C=O) groups is 2. The third-order valence-corrected chi connectivity index (χ3v) is 3.88. The van der Waals surface area contributed by atoms with Crippen LogP contribution in [0.15, 0.2) is 12.2 Å². The number of aromatic nitrogens is 3. The van der Waals surface area contributed by atoms with Crippen LogP contribution in [0.25, 0.3) is 0 Å². The highest BCUT2D eigenvalue weighted by molar-refractivity contribution is 5.95. The second-order valence-electron chi connectivity index (χ2n) is 5.07. The standard InChI is InChI=1S/C12H14N4O3/c1-5-13-12(16-15-5)14-10(17)8-6-2-3-7(4-6)9(8)11(18)19/h2-3,6-9H,4H2,1H3,(H,18,19)(H2,13,14,15,16,17). The van der Waals surface area contributed by atoms with Gasteiger partial charge in [-0.05, 0) is 25.2 Å². The number of aryl methyl sites for hydroxylation is 1. The number of nitrogens with zero attached hydrogens (tertiary/aromatic N) is 2. The molecule has 1 amide bonds. The highest BCUT2D eigenvalue weighted by Crippen LogP contribution is 2.48. The number of carbonyl (C=O) groups excluding carboxylic acids is 1. The number of anilines is 1. The number of nitrogens with one attached hydrogen (secondary N) is 2. The van der Waals surface area contributed by atoms with Crippen molar-refractivity contribution in [3.8, 4) is 0 Å². The van der Waals surface area contributed by atoms with Crippen molar-refractivity contribution in [1.29, 1.82) is 0 Å². The molecule has 3 N–H and O–H groups in total. The first-order chi connectivity index (χ1) is 9.06. The zero-order valence-electron chi connectivity index (χ0n) is 10.3. The Balaban J connectivity index is 1.79. The summed E-state index contributed by atoms with van der Waals surface area (Å²) in [7, 11) is 0. The van der Waals surface area contributed by atoms with Crippen molar-refractivity contribution >= 4 is 17.8 Å². The first-order valence-electron chi connectivity index (χ1n) is 6.17. The minimum atomic E-state index is -0.914. The van der Waals surface area contributed by atoms with Crippen LogP contribution in [0.4, 0.5) is 5.95 Å². The predicted molar refractivity (Wildman–Crippen MR) is 65.1 cm³/mol. The monoisotopic (exact) mass is 262 g/mol. The van der Waals surface area contributed by atoms with E-state index in [2.05, 4.69) is 20.5 Å². The molecule has 0 spiro atoms. The highest BCUT2D eigenvalue weighted by Gasteiger charge is 2.51. The van der Waals surface area contributed by atoms with E-state index in [1.54, 1.807) is 6.92 Å². The van der Waals surface area contributed by atoms with Gasteiger partial charge in [0.2, 0.25) is 11.9 Å². The zero-order valence-corrected chi connectivity index (χ0v) is 10.3. The predicted octanol–water partition coefficient (Wildman–Crippen LogP) is 0.575. The van der Waals surface area contributed by atoms with Crippen molar-refractivity contribution in [3.63, 3.8) is 0 Å². The number of amides is 1. The topological polar surface area (TPSA) is 108 Å². The number of aromatic amines is 1. The molecule has 0 radical (unpaired) electrons. The molecule has 3 rings (SSSR count). The Kier molecular flexibility index (Phi) is 2.62. The molecule has 1 aromatic heterocycles. The van der Waals surface area contributed by atoms with Gasteiger partial charge in [-0.25, -0.2) is 0 Å². The lowest BCUT2D eigenvalue weighted by atomic mass is 9.82. The lowest BCUT2D eigenvalue weighted by Gasteiger charge is -2.23. The van der Waals surface area contributed by atoms with Gasteiger partial charge in [-0.3, -0.25) is 20.0 Å². The normalized spacial score (nSPS) is 31.6. The van der Waals surface area contributed by atoms with Gasteiger partial charge < -0.3 is 5.11 Å². The molecule has 0 saturated heterocycles. The van der Waals surface area contributed by atoms with Gasteiger partial charge in [-0.1, -0.05) is 12.2 Å². The van der Waals surface area contributed by atoms with Crippen LogP contribution < -0.4 is 5.32 Å². The number of carboxylic acid groups (broad SMARTS) is 1. The minimum absolute atomic E-state index is 0.00568. The molecular formula is C12H14N4O3. The maximum atomic E-state index is 12.2. The molecule has 0 aromatic carbocycles. The highest BCUT2D eigenvalue weighted by atomic mass is 16.4. The van der Waals surface area contributed by atoms with Crippen molar-refractivity contribution in [2.45, 2.75) is 13.3 Å². The molecule has 1 fully saturated rings. The van der Waals surface area contributed by atoms with Gasteiger partial charge in [-0.2, -0.15) is 4.98 Å². The molecule has 2 aliphatic carbocycles. The summed E-state index contributed by atoms with van der Waals surface area (Å²) >= 11 is 0. The number of carboxylic acids is 1. The summed E-state index contributed by atoms with van der Waals surface area (Å²) in [5.41, 5.74) is 0. The number of H-pyrrole nitrogens is 1. The summed E-state index contributed by atoms with van der Waals surface area (Å²) in [5.74, 6) is -1.65.